The van der Waals surface area contributed by atoms with Gasteiger partial charge >= 0.3 is 5.97 Å². The number of ether oxygens (including phenoxy) is 3. The third-order valence-electron chi connectivity index (χ3n) is 7.46. The first-order valence-electron chi connectivity index (χ1n) is 14.6. The van der Waals surface area contributed by atoms with Gasteiger partial charge < -0.3 is 14.2 Å². The largest absolute Gasteiger partial charge is 0.497 e. The van der Waals surface area contributed by atoms with Crippen molar-refractivity contribution in [2.45, 2.75) is 19.6 Å². The van der Waals surface area contributed by atoms with Gasteiger partial charge in [0, 0.05) is 21.2 Å². The van der Waals surface area contributed by atoms with Crippen LogP contribution in [-0.2, 0) is 16.1 Å². The molecule has 238 valence electrons. The van der Waals surface area contributed by atoms with E-state index in [2.05, 4.69) is 38.5 Å². The highest BCUT2D eigenvalue weighted by atomic mass is 127. The van der Waals surface area contributed by atoms with E-state index in [1.54, 1.807) is 55.0 Å². The third-order valence-corrected chi connectivity index (χ3v) is 9.70. The molecule has 1 atom stereocenters. The van der Waals surface area contributed by atoms with Crippen molar-refractivity contribution in [3.05, 3.63) is 152 Å². The summed E-state index contributed by atoms with van der Waals surface area (Å²) in [5.74, 6) is 0.222. The van der Waals surface area contributed by atoms with Crippen LogP contribution in [0.3, 0.4) is 0 Å². The molecule has 1 aromatic heterocycles. The molecular weight excluding hydrogens is 798 g/mol. The monoisotopic (exact) mass is 824 g/mol. The summed E-state index contributed by atoms with van der Waals surface area (Å²) in [6.07, 6.45) is 1.74. The lowest BCUT2D eigenvalue weighted by atomic mass is 9.93. The molecule has 0 N–H and O–H groups in total. The number of carbonyl (C=O) groups is 1. The van der Waals surface area contributed by atoms with E-state index in [-0.39, 0.29) is 30.2 Å². The first-order valence-corrected chi connectivity index (χ1v) is 17.3. The van der Waals surface area contributed by atoms with E-state index in [1.807, 2.05) is 54.6 Å². The van der Waals surface area contributed by atoms with Crippen molar-refractivity contribution in [3.8, 4) is 11.5 Å². The van der Waals surface area contributed by atoms with Crippen molar-refractivity contribution in [1.29, 1.82) is 0 Å². The van der Waals surface area contributed by atoms with E-state index in [4.69, 9.17) is 19.2 Å². The molecule has 0 spiro atoms. The molecule has 4 aromatic carbocycles. The van der Waals surface area contributed by atoms with Crippen molar-refractivity contribution in [3.63, 3.8) is 0 Å². The number of benzene rings is 4. The number of rotatable bonds is 9. The number of halogens is 3. The second-order valence-corrected chi connectivity index (χ2v) is 13.5. The van der Waals surface area contributed by atoms with Gasteiger partial charge in [-0.1, -0.05) is 87.9 Å². The molecule has 6 rings (SSSR count). The van der Waals surface area contributed by atoms with Gasteiger partial charge in [0.1, 0.15) is 23.9 Å². The Balaban J connectivity index is 1.56. The number of hydrogen-bond donors (Lipinski definition) is 0. The van der Waals surface area contributed by atoms with Crippen LogP contribution in [0.25, 0.3) is 11.8 Å². The molecule has 0 saturated carbocycles. The highest BCUT2D eigenvalue weighted by Gasteiger charge is 2.35. The summed E-state index contributed by atoms with van der Waals surface area (Å²) >= 11 is 6.93. The average molecular weight is 825 g/mol. The van der Waals surface area contributed by atoms with Gasteiger partial charge in [-0.3, -0.25) is 9.36 Å². The van der Waals surface area contributed by atoms with Crippen molar-refractivity contribution < 1.29 is 23.4 Å². The van der Waals surface area contributed by atoms with Gasteiger partial charge in [0.05, 0.1) is 39.1 Å². The van der Waals surface area contributed by atoms with Crippen LogP contribution < -0.4 is 24.4 Å². The van der Waals surface area contributed by atoms with Crippen LogP contribution >= 0.6 is 49.9 Å². The Morgan fingerprint density at radius 1 is 1.06 bits per heavy atom. The van der Waals surface area contributed by atoms with Crippen LogP contribution in [0.4, 0.5) is 4.39 Å². The lowest BCUT2D eigenvalue weighted by Crippen LogP contribution is -2.40. The summed E-state index contributed by atoms with van der Waals surface area (Å²) in [6.45, 7) is 1.90. The number of aromatic nitrogens is 1. The minimum Gasteiger partial charge on any atom is -0.497 e. The Labute approximate surface area is 295 Å². The number of nitrogens with zero attached hydrogens (tertiary/aromatic N) is 2. The Hall–Kier alpha value is -4.07. The smallest absolute Gasteiger partial charge is 0.338 e. The molecule has 2 heterocycles. The maximum atomic E-state index is 14.4. The number of methoxy groups -OCH3 is 1. The predicted octanol–water partition coefficient (Wildman–Crippen LogP) is 7.03. The maximum Gasteiger partial charge on any atom is 0.338 e. The molecule has 1 aliphatic rings. The van der Waals surface area contributed by atoms with E-state index in [9.17, 15) is 14.0 Å². The van der Waals surface area contributed by atoms with E-state index >= 15 is 0 Å². The summed E-state index contributed by atoms with van der Waals surface area (Å²) in [5, 5.41) is 0. The van der Waals surface area contributed by atoms with Gasteiger partial charge in [0.2, 0.25) is 0 Å². The molecule has 0 unspecified atom stereocenters. The summed E-state index contributed by atoms with van der Waals surface area (Å²) in [4.78, 5) is 33.4. The van der Waals surface area contributed by atoms with Crippen molar-refractivity contribution in [2.75, 3.05) is 13.7 Å². The Bertz CT molecular complexity index is 2180. The molecule has 0 radical (unpaired) electrons. The summed E-state index contributed by atoms with van der Waals surface area (Å²) in [6, 6.07) is 26.0. The van der Waals surface area contributed by atoms with Crippen LogP contribution in [-0.4, -0.2) is 24.3 Å². The van der Waals surface area contributed by atoms with Crippen molar-refractivity contribution in [1.82, 2.24) is 4.57 Å². The molecule has 47 heavy (non-hydrogen) atoms. The zero-order valence-corrected chi connectivity index (χ0v) is 29.8. The fraction of sp³-hybridized carbons (Fsp3) is 0.139. The van der Waals surface area contributed by atoms with Crippen LogP contribution in [0.5, 0.6) is 11.5 Å². The second kappa shape index (κ2) is 14.4. The standard InChI is InChI=1S/C36H27BrFIN2O5S/c1-3-45-35(43)30-31(21-9-5-4-6-10-21)40-36-41(32(30)22-13-15-26(44-2)16-14-22)34(42)29(47-36)18-24-17-25(37)19-28(39)33(24)46-20-23-11-7-8-12-27(23)38/h4-19,32H,3,20H2,1-2H3/b29-18-/t32-/m0/s1. The van der Waals surface area contributed by atoms with Gasteiger partial charge in [-0.15, -0.1) is 0 Å². The van der Waals surface area contributed by atoms with E-state index in [1.165, 1.54) is 17.4 Å². The zero-order valence-electron chi connectivity index (χ0n) is 25.2. The molecule has 0 saturated heterocycles. The fourth-order valence-corrected chi connectivity index (χ4v) is 7.99. The minimum atomic E-state index is -0.826. The summed E-state index contributed by atoms with van der Waals surface area (Å²) in [5.41, 5.74) is 2.80. The van der Waals surface area contributed by atoms with E-state index < -0.39 is 12.0 Å². The topological polar surface area (TPSA) is 79.1 Å². The summed E-state index contributed by atoms with van der Waals surface area (Å²) < 4.78 is 35.0. The van der Waals surface area contributed by atoms with E-state index in [0.717, 1.165) is 13.6 Å². The zero-order chi connectivity index (χ0) is 33.1. The number of esters is 1. The van der Waals surface area contributed by atoms with Crippen LogP contribution in [0.2, 0.25) is 0 Å². The van der Waals surface area contributed by atoms with Crippen LogP contribution in [0.15, 0.2) is 111 Å². The van der Waals surface area contributed by atoms with Gasteiger partial charge in [0.15, 0.2) is 4.80 Å². The molecule has 0 aliphatic carbocycles. The normalized spacial score (nSPS) is 14.4. The Kier molecular flexibility index (Phi) is 10.0. The number of fused-ring (bicyclic) bond motifs is 1. The number of carbonyl (C=O) groups excluding carboxylic acids is 1. The first-order chi connectivity index (χ1) is 22.8. The van der Waals surface area contributed by atoms with Gasteiger partial charge in [0.25, 0.3) is 5.56 Å². The van der Waals surface area contributed by atoms with E-state index in [0.29, 0.717) is 43.2 Å². The molecule has 1 aliphatic heterocycles. The predicted molar refractivity (Wildman–Crippen MR) is 192 cm³/mol. The van der Waals surface area contributed by atoms with Gasteiger partial charge in [-0.2, -0.15) is 0 Å². The molecule has 0 amide bonds. The van der Waals surface area contributed by atoms with Gasteiger partial charge in [-0.25, -0.2) is 14.2 Å². The number of hydrogen-bond acceptors (Lipinski definition) is 7. The molecule has 7 nitrogen and oxygen atoms in total. The molecule has 0 bridgehead atoms. The molecule has 11 heteroatoms. The maximum absolute atomic E-state index is 14.4. The highest BCUT2D eigenvalue weighted by Crippen LogP contribution is 2.36. The van der Waals surface area contributed by atoms with Crippen molar-refractivity contribution >= 4 is 67.6 Å². The Morgan fingerprint density at radius 2 is 1.79 bits per heavy atom. The minimum absolute atomic E-state index is 0.00715. The van der Waals surface area contributed by atoms with Crippen LogP contribution in [0.1, 0.15) is 35.2 Å². The molecule has 0 fully saturated rings. The Morgan fingerprint density at radius 3 is 2.49 bits per heavy atom. The fourth-order valence-electron chi connectivity index (χ4n) is 5.29. The van der Waals surface area contributed by atoms with Crippen LogP contribution in [0, 0.1) is 9.39 Å². The SMILES string of the molecule is CCOC(=O)C1=C(c2ccccc2)N=c2s/c(=C\c3cc(Br)cc(I)c3OCc3ccccc3F)c(=O)n2[C@H]1c1ccc(OC)cc1. The lowest BCUT2D eigenvalue weighted by Gasteiger charge is -2.26. The first kappa shape index (κ1) is 32.9. The third kappa shape index (κ3) is 6.83. The highest BCUT2D eigenvalue weighted by molar-refractivity contribution is 14.1. The van der Waals surface area contributed by atoms with Gasteiger partial charge in [-0.05, 0) is 71.5 Å². The second-order valence-electron chi connectivity index (χ2n) is 10.4. The van der Waals surface area contributed by atoms with Crippen molar-refractivity contribution in [2.24, 2.45) is 4.99 Å². The number of thiazole rings is 1. The quantitative estimate of drug-likeness (QED) is 0.118. The molecular formula is C36H27BrFIN2O5S. The lowest BCUT2D eigenvalue weighted by molar-refractivity contribution is -0.138. The average Bonchev–Trinajstić information content (AvgIpc) is 3.38. The molecule has 5 aromatic rings. The summed E-state index contributed by atoms with van der Waals surface area (Å²) in [7, 11) is 1.58.